The van der Waals surface area contributed by atoms with Gasteiger partial charge in [-0.2, -0.15) is 26.3 Å². The van der Waals surface area contributed by atoms with Crippen molar-refractivity contribution in [2.75, 3.05) is 5.32 Å². The van der Waals surface area contributed by atoms with Crippen LogP contribution in [0, 0.1) is 5.82 Å². The summed E-state index contributed by atoms with van der Waals surface area (Å²) in [7, 11) is 0. The average Bonchev–Trinajstić information content (AvgIpc) is 2.53. The number of carbonyl (C=O) groups is 1. The molecule has 0 aliphatic rings. The van der Waals surface area contributed by atoms with E-state index in [0.29, 0.717) is 0 Å². The van der Waals surface area contributed by atoms with Crippen LogP contribution in [0.2, 0.25) is 0 Å². The second-order valence-electron chi connectivity index (χ2n) is 5.05. The lowest BCUT2D eigenvalue weighted by molar-refractivity contribution is -0.294. The molecule has 0 saturated carbocycles. The molecule has 11 heteroatoms. The number of halogens is 7. The molecular weight excluding hydrogens is 371 g/mol. The number of hydrogen-bond acceptors (Lipinski definition) is 3. The number of nitrogens with zero attached hydrogens (tertiary/aromatic N) is 1. The number of rotatable bonds is 4. The highest BCUT2D eigenvalue weighted by Crippen LogP contribution is 2.43. The highest BCUT2D eigenvalue weighted by molar-refractivity contribution is 5.95. The summed E-state index contributed by atoms with van der Waals surface area (Å²) in [5.41, 5.74) is -5.40. The quantitative estimate of drug-likeness (QED) is 0.624. The van der Waals surface area contributed by atoms with Crippen LogP contribution in [-0.2, 0) is 0 Å². The molecule has 0 atom stereocenters. The van der Waals surface area contributed by atoms with Crippen molar-refractivity contribution < 1.29 is 35.5 Å². The van der Waals surface area contributed by atoms with E-state index in [1.165, 1.54) is 11.4 Å². The third kappa shape index (κ3) is 3.86. The lowest BCUT2D eigenvalue weighted by Crippen LogP contribution is -2.72. The fourth-order valence-corrected chi connectivity index (χ4v) is 1.95. The Morgan fingerprint density at radius 2 is 1.46 bits per heavy atom. The first-order valence-corrected chi connectivity index (χ1v) is 6.87. The minimum atomic E-state index is -5.97. The van der Waals surface area contributed by atoms with Gasteiger partial charge in [0, 0.05) is 11.8 Å². The van der Waals surface area contributed by atoms with Gasteiger partial charge < -0.3 is 10.6 Å². The number of anilines is 1. The molecule has 0 radical (unpaired) electrons. The highest BCUT2D eigenvalue weighted by Gasteiger charge is 2.72. The summed E-state index contributed by atoms with van der Waals surface area (Å²) < 4.78 is 93.3. The zero-order valence-electron chi connectivity index (χ0n) is 12.6. The monoisotopic (exact) mass is 381 g/mol. The van der Waals surface area contributed by atoms with Gasteiger partial charge in [0.15, 0.2) is 0 Å². The summed E-state index contributed by atoms with van der Waals surface area (Å²) in [4.78, 5) is 15.3. The molecule has 0 aliphatic heterocycles. The topological polar surface area (TPSA) is 54.0 Å². The molecule has 1 heterocycles. The Morgan fingerprint density at radius 3 is 1.92 bits per heavy atom. The molecule has 1 amide bonds. The van der Waals surface area contributed by atoms with Crippen molar-refractivity contribution in [2.24, 2.45) is 0 Å². The van der Waals surface area contributed by atoms with Crippen LogP contribution in [0.1, 0.15) is 10.4 Å². The van der Waals surface area contributed by atoms with E-state index in [2.05, 4.69) is 4.98 Å². The fraction of sp³-hybridized carbons (Fsp3) is 0.200. The van der Waals surface area contributed by atoms with Gasteiger partial charge in [-0.15, -0.1) is 0 Å². The summed E-state index contributed by atoms with van der Waals surface area (Å²) >= 11 is 0. The van der Waals surface area contributed by atoms with E-state index in [9.17, 15) is 35.5 Å². The van der Waals surface area contributed by atoms with Crippen molar-refractivity contribution in [2.45, 2.75) is 18.0 Å². The van der Waals surface area contributed by atoms with Gasteiger partial charge in [-0.1, -0.05) is 6.07 Å². The number of pyridine rings is 1. The van der Waals surface area contributed by atoms with Gasteiger partial charge in [0.05, 0.1) is 0 Å². The van der Waals surface area contributed by atoms with Gasteiger partial charge in [-0.05, 0) is 36.4 Å². The molecule has 1 aromatic heterocycles. The lowest BCUT2D eigenvalue weighted by Gasteiger charge is -2.38. The molecule has 0 unspecified atom stereocenters. The van der Waals surface area contributed by atoms with E-state index in [4.69, 9.17) is 0 Å². The van der Waals surface area contributed by atoms with Gasteiger partial charge >= 0.3 is 18.0 Å². The van der Waals surface area contributed by atoms with Crippen molar-refractivity contribution in [3.8, 4) is 0 Å². The number of alkyl halides is 6. The number of nitrogens with one attached hydrogen (secondary N) is 2. The predicted octanol–water partition coefficient (Wildman–Crippen LogP) is 3.88. The zero-order chi connectivity index (χ0) is 19.6. The van der Waals surface area contributed by atoms with Gasteiger partial charge in [0.2, 0.25) is 0 Å². The van der Waals surface area contributed by atoms with Crippen LogP contribution >= 0.6 is 0 Å². The van der Waals surface area contributed by atoms with E-state index in [1.807, 2.05) is 0 Å². The van der Waals surface area contributed by atoms with E-state index in [1.54, 1.807) is 0 Å². The van der Waals surface area contributed by atoms with Crippen LogP contribution in [-0.4, -0.2) is 28.9 Å². The highest BCUT2D eigenvalue weighted by atomic mass is 19.4. The van der Waals surface area contributed by atoms with E-state index < -0.39 is 41.1 Å². The Bertz CT molecular complexity index is 744. The number of carbonyl (C=O) groups excluding carboxylic acids is 1. The summed E-state index contributed by atoms with van der Waals surface area (Å²) in [6.07, 6.45) is -11.0. The van der Waals surface area contributed by atoms with Crippen LogP contribution in [0.15, 0.2) is 48.7 Å². The predicted molar refractivity (Wildman–Crippen MR) is 76.6 cm³/mol. The molecule has 1 aromatic carbocycles. The third-order valence-electron chi connectivity index (χ3n) is 3.24. The first-order chi connectivity index (χ1) is 12.0. The maximum atomic E-state index is 13.4. The van der Waals surface area contributed by atoms with Gasteiger partial charge in [-0.25, -0.2) is 9.37 Å². The fourth-order valence-electron chi connectivity index (χ4n) is 1.95. The largest absolute Gasteiger partial charge is 0.439 e. The van der Waals surface area contributed by atoms with Crippen LogP contribution < -0.4 is 10.6 Å². The molecule has 0 spiro atoms. The summed E-state index contributed by atoms with van der Waals surface area (Å²) in [6, 6.07) is 6.27. The van der Waals surface area contributed by atoms with E-state index >= 15 is 0 Å². The molecule has 0 fully saturated rings. The Kier molecular flexibility index (Phi) is 5.10. The van der Waals surface area contributed by atoms with Crippen molar-refractivity contribution in [1.29, 1.82) is 0 Å². The Hall–Kier alpha value is -2.85. The van der Waals surface area contributed by atoms with Crippen molar-refractivity contribution in [3.63, 3.8) is 0 Å². The van der Waals surface area contributed by atoms with Crippen LogP contribution in [0.4, 0.5) is 36.6 Å². The Balaban J connectivity index is 2.48. The first kappa shape index (κ1) is 19.5. The standard InChI is InChI=1S/C15H10F7N3O/c16-10-6-4-9(5-7-10)12(26)25-13(14(17,18)19,15(20,21)22)24-11-3-1-2-8-23-11/h1-8H,(H,23,24)(H,25,26). The molecular formula is C15H10F7N3O. The van der Waals surface area contributed by atoms with E-state index in [-0.39, 0.29) is 0 Å². The lowest BCUT2D eigenvalue weighted by atomic mass is 10.1. The van der Waals surface area contributed by atoms with Gasteiger partial charge in [0.1, 0.15) is 11.6 Å². The SMILES string of the molecule is O=C(NC(Nc1ccccn1)(C(F)(F)F)C(F)(F)F)c1ccc(F)cc1. The van der Waals surface area contributed by atoms with Crippen LogP contribution in [0.3, 0.4) is 0 Å². The molecule has 4 nitrogen and oxygen atoms in total. The van der Waals surface area contributed by atoms with Gasteiger partial charge in [-0.3, -0.25) is 4.79 Å². The maximum Gasteiger partial charge on any atom is 0.439 e. The smallest absolute Gasteiger partial charge is 0.332 e. The summed E-state index contributed by atoms with van der Waals surface area (Å²) in [5.74, 6) is -3.28. The second-order valence-corrected chi connectivity index (χ2v) is 5.05. The molecule has 2 aromatic rings. The van der Waals surface area contributed by atoms with Crippen molar-refractivity contribution in [1.82, 2.24) is 10.3 Å². The van der Waals surface area contributed by atoms with Gasteiger partial charge in [0.25, 0.3) is 5.91 Å². The first-order valence-electron chi connectivity index (χ1n) is 6.87. The van der Waals surface area contributed by atoms with Crippen molar-refractivity contribution >= 4 is 11.7 Å². The molecule has 0 aliphatic carbocycles. The van der Waals surface area contributed by atoms with E-state index in [0.717, 1.165) is 47.9 Å². The molecule has 140 valence electrons. The van der Waals surface area contributed by atoms with Crippen LogP contribution in [0.25, 0.3) is 0 Å². The number of amides is 1. The molecule has 26 heavy (non-hydrogen) atoms. The molecule has 2 N–H and O–H groups in total. The second kappa shape index (κ2) is 6.81. The maximum absolute atomic E-state index is 13.4. The molecule has 2 rings (SSSR count). The Labute approximate surface area is 142 Å². The average molecular weight is 381 g/mol. The Morgan fingerprint density at radius 1 is 0.885 bits per heavy atom. The number of hydrogen-bond donors (Lipinski definition) is 2. The number of aromatic nitrogens is 1. The van der Waals surface area contributed by atoms with Crippen molar-refractivity contribution in [3.05, 3.63) is 60.0 Å². The third-order valence-corrected chi connectivity index (χ3v) is 3.24. The minimum absolute atomic E-state index is 0.591. The minimum Gasteiger partial charge on any atom is -0.332 e. The summed E-state index contributed by atoms with van der Waals surface area (Å²) in [6.45, 7) is 0. The zero-order valence-corrected chi connectivity index (χ0v) is 12.6. The number of benzene rings is 1. The summed E-state index contributed by atoms with van der Waals surface area (Å²) in [5, 5.41) is 2.15. The van der Waals surface area contributed by atoms with Crippen LogP contribution in [0.5, 0.6) is 0 Å². The molecule has 0 bridgehead atoms. The normalized spacial score (nSPS) is 12.6. The molecule has 0 saturated heterocycles.